The molecule has 2 N–H and O–H groups in total. The van der Waals surface area contributed by atoms with E-state index in [0.717, 1.165) is 4.90 Å². The highest BCUT2D eigenvalue weighted by atomic mass is 32.2. The van der Waals surface area contributed by atoms with Gasteiger partial charge in [0.2, 0.25) is 0 Å². The molecule has 0 amide bonds. The highest BCUT2D eigenvalue weighted by Gasteiger charge is 2.43. The molecule has 5 atom stereocenters. The molecule has 0 spiro atoms. The van der Waals surface area contributed by atoms with E-state index in [-0.39, 0.29) is 5.44 Å². The van der Waals surface area contributed by atoms with E-state index >= 15 is 0 Å². The summed E-state index contributed by atoms with van der Waals surface area (Å²) in [6.07, 6.45) is -1.34. The third kappa shape index (κ3) is 3.62. The minimum absolute atomic E-state index is 0.304. The van der Waals surface area contributed by atoms with Gasteiger partial charge in [-0.2, -0.15) is 0 Å². The fourth-order valence-electron chi connectivity index (χ4n) is 2.09. The first-order valence-corrected chi connectivity index (χ1v) is 7.47. The predicted octanol–water partition coefficient (Wildman–Crippen LogP) is 1.82. The molecule has 4 nitrogen and oxygen atoms in total. The van der Waals surface area contributed by atoms with Crippen LogP contribution in [-0.4, -0.2) is 46.7 Å². The van der Waals surface area contributed by atoms with E-state index in [1.165, 1.54) is 11.8 Å². The number of aliphatic hydroxyl groups is 2. The fourth-order valence-corrected chi connectivity index (χ4v) is 3.27. The minimum Gasteiger partial charge on any atom is -0.388 e. The molecule has 5 heteroatoms. The molecule has 1 aromatic rings. The average Bonchev–Trinajstić information content (AvgIpc) is 2.46. The maximum atomic E-state index is 10.2. The molecule has 1 saturated heterocycles. The molecule has 1 aromatic carbocycles. The van der Waals surface area contributed by atoms with Gasteiger partial charge in [0.25, 0.3) is 0 Å². The van der Waals surface area contributed by atoms with Crippen molar-refractivity contribution in [1.82, 2.24) is 0 Å². The Labute approximate surface area is 123 Å². The third-order valence-corrected chi connectivity index (χ3v) is 4.34. The molecule has 1 aliphatic heterocycles. The van der Waals surface area contributed by atoms with Crippen LogP contribution in [0.2, 0.25) is 0 Å². The van der Waals surface area contributed by atoms with Gasteiger partial charge >= 0.3 is 0 Å². The van der Waals surface area contributed by atoms with E-state index in [1.807, 2.05) is 30.3 Å². The van der Waals surface area contributed by atoms with Crippen LogP contribution in [0, 0.1) is 0 Å². The summed E-state index contributed by atoms with van der Waals surface area (Å²) in [5.41, 5.74) is -0.370. The number of aliphatic hydroxyl groups excluding tert-OH is 2. The molecule has 0 radical (unpaired) electrons. The number of thioether (sulfide) groups is 1. The van der Waals surface area contributed by atoms with Gasteiger partial charge in [-0.1, -0.05) is 36.0 Å². The van der Waals surface area contributed by atoms with Crippen LogP contribution >= 0.6 is 11.8 Å². The van der Waals surface area contributed by atoms with Gasteiger partial charge in [0, 0.05) is 4.90 Å². The largest absolute Gasteiger partial charge is 0.388 e. The van der Waals surface area contributed by atoms with Gasteiger partial charge in [-0.25, -0.2) is 0 Å². The van der Waals surface area contributed by atoms with Crippen LogP contribution in [0.3, 0.4) is 0 Å². The normalized spacial score (nSPS) is 33.9. The third-order valence-electron chi connectivity index (χ3n) is 3.19. The van der Waals surface area contributed by atoms with Crippen molar-refractivity contribution in [3.63, 3.8) is 0 Å². The lowest BCUT2D eigenvalue weighted by Crippen LogP contribution is -2.56. The Morgan fingerprint density at radius 3 is 2.65 bits per heavy atom. The summed E-state index contributed by atoms with van der Waals surface area (Å²) >= 11 is 1.48. The van der Waals surface area contributed by atoms with Crippen LogP contribution in [0.4, 0.5) is 0 Å². The van der Waals surface area contributed by atoms with Crippen molar-refractivity contribution in [2.24, 2.45) is 0 Å². The molecule has 110 valence electrons. The molecule has 0 aliphatic carbocycles. The van der Waals surface area contributed by atoms with Crippen LogP contribution in [0.1, 0.15) is 6.92 Å². The summed E-state index contributed by atoms with van der Waals surface area (Å²) in [5.74, 6) is 0. The second-order valence-corrected chi connectivity index (χ2v) is 5.88. The molecule has 2 rings (SSSR count). The summed E-state index contributed by atoms with van der Waals surface area (Å²) in [7, 11) is 0. The van der Waals surface area contributed by atoms with Crippen molar-refractivity contribution in [1.29, 1.82) is 0 Å². The number of hydrogen-bond donors (Lipinski definition) is 2. The first-order valence-electron chi connectivity index (χ1n) is 6.59. The van der Waals surface area contributed by atoms with Crippen LogP contribution in [0.15, 0.2) is 47.9 Å². The summed E-state index contributed by atoms with van der Waals surface area (Å²) in [4.78, 5) is 1.03. The van der Waals surface area contributed by atoms with Crippen molar-refractivity contribution < 1.29 is 19.7 Å². The number of rotatable bonds is 5. The Hall–Kier alpha value is -0.850. The van der Waals surface area contributed by atoms with E-state index in [0.29, 0.717) is 6.61 Å². The molecule has 0 saturated carbocycles. The minimum atomic E-state index is -0.972. The van der Waals surface area contributed by atoms with Crippen molar-refractivity contribution in [2.45, 2.75) is 41.7 Å². The zero-order chi connectivity index (χ0) is 14.5. The molecule has 0 bridgehead atoms. The van der Waals surface area contributed by atoms with Crippen LogP contribution in [0.25, 0.3) is 0 Å². The molecule has 20 heavy (non-hydrogen) atoms. The maximum Gasteiger partial charge on any atom is 0.136 e. The number of benzene rings is 1. The van der Waals surface area contributed by atoms with Crippen molar-refractivity contribution >= 4 is 11.8 Å². The molecule has 1 fully saturated rings. The van der Waals surface area contributed by atoms with Gasteiger partial charge in [-0.3, -0.25) is 0 Å². The Morgan fingerprint density at radius 2 is 2.00 bits per heavy atom. The van der Waals surface area contributed by atoms with Crippen LogP contribution < -0.4 is 0 Å². The molecule has 0 unspecified atom stereocenters. The van der Waals surface area contributed by atoms with Gasteiger partial charge in [0.1, 0.15) is 23.7 Å². The summed E-state index contributed by atoms with van der Waals surface area (Å²) in [6, 6.07) is 9.78. The van der Waals surface area contributed by atoms with Crippen molar-refractivity contribution in [2.75, 3.05) is 6.61 Å². The lowest BCUT2D eigenvalue weighted by molar-refractivity contribution is -0.204. The van der Waals surface area contributed by atoms with E-state index < -0.39 is 24.4 Å². The highest BCUT2D eigenvalue weighted by molar-refractivity contribution is 7.99. The SMILES string of the molecule is C=CCO[C@H]1[C@H](O)[C@H](O)[C@H](C)O[C@@H]1Sc1ccccc1. The van der Waals surface area contributed by atoms with Gasteiger partial charge in [-0.15, -0.1) is 6.58 Å². The first kappa shape index (κ1) is 15.5. The molecule has 0 aromatic heterocycles. The Balaban J connectivity index is 2.11. The summed E-state index contributed by atoms with van der Waals surface area (Å²) < 4.78 is 11.4. The van der Waals surface area contributed by atoms with Crippen LogP contribution in [0.5, 0.6) is 0 Å². The smallest absolute Gasteiger partial charge is 0.136 e. The maximum absolute atomic E-state index is 10.2. The zero-order valence-electron chi connectivity index (χ0n) is 11.4. The quantitative estimate of drug-likeness (QED) is 0.812. The first-order chi connectivity index (χ1) is 9.63. The average molecular weight is 296 g/mol. The lowest BCUT2D eigenvalue weighted by atomic mass is 10.0. The molecule has 1 aliphatic rings. The van der Waals surface area contributed by atoms with Gasteiger partial charge in [0.15, 0.2) is 0 Å². The van der Waals surface area contributed by atoms with Crippen LogP contribution in [-0.2, 0) is 9.47 Å². The monoisotopic (exact) mass is 296 g/mol. The topological polar surface area (TPSA) is 58.9 Å². The number of hydrogen-bond acceptors (Lipinski definition) is 5. The summed E-state index contributed by atoms with van der Waals surface area (Å²) in [6.45, 7) is 5.65. The fraction of sp³-hybridized carbons (Fsp3) is 0.467. The second-order valence-electron chi connectivity index (χ2n) is 4.71. The second kappa shape index (κ2) is 7.24. The van der Waals surface area contributed by atoms with Crippen molar-refractivity contribution in [3.8, 4) is 0 Å². The van der Waals surface area contributed by atoms with Gasteiger partial charge in [-0.05, 0) is 19.1 Å². The molecular formula is C15H20O4S. The predicted molar refractivity (Wildman–Crippen MR) is 78.6 cm³/mol. The Bertz CT molecular complexity index is 425. The lowest BCUT2D eigenvalue weighted by Gasteiger charge is -2.41. The Kier molecular flexibility index (Phi) is 5.63. The zero-order valence-corrected chi connectivity index (χ0v) is 12.2. The van der Waals surface area contributed by atoms with E-state index in [4.69, 9.17) is 9.47 Å². The van der Waals surface area contributed by atoms with Crippen molar-refractivity contribution in [3.05, 3.63) is 43.0 Å². The standard InChI is InChI=1S/C15H20O4S/c1-3-9-18-14-13(17)12(16)10(2)19-15(14)20-11-7-5-4-6-8-11/h3-8,10,12-17H,1,9H2,2H3/t10-,12+,13+,14-,15+/m0/s1. The molecular weight excluding hydrogens is 276 g/mol. The van der Waals surface area contributed by atoms with E-state index in [9.17, 15) is 10.2 Å². The Morgan fingerprint density at radius 1 is 1.30 bits per heavy atom. The summed E-state index contributed by atoms with van der Waals surface area (Å²) in [5, 5.41) is 20.1. The van der Waals surface area contributed by atoms with E-state index in [1.54, 1.807) is 13.0 Å². The number of ether oxygens (including phenoxy) is 2. The molecule has 1 heterocycles. The highest BCUT2D eigenvalue weighted by Crippen LogP contribution is 2.34. The van der Waals surface area contributed by atoms with Gasteiger partial charge in [0.05, 0.1) is 12.7 Å². The van der Waals surface area contributed by atoms with Gasteiger partial charge < -0.3 is 19.7 Å². The van der Waals surface area contributed by atoms with E-state index in [2.05, 4.69) is 6.58 Å².